The third-order valence-electron chi connectivity index (χ3n) is 4.13. The van der Waals surface area contributed by atoms with E-state index in [4.69, 9.17) is 10.2 Å². The highest BCUT2D eigenvalue weighted by Crippen LogP contribution is 2.36. The zero-order valence-electron chi connectivity index (χ0n) is 13.3. The van der Waals surface area contributed by atoms with Crippen LogP contribution >= 0.6 is 0 Å². The molecule has 2 aromatic rings. The van der Waals surface area contributed by atoms with Crippen LogP contribution in [0.25, 0.3) is 0 Å². The summed E-state index contributed by atoms with van der Waals surface area (Å²) in [7, 11) is 0. The summed E-state index contributed by atoms with van der Waals surface area (Å²) in [5, 5.41) is 19.4. The Morgan fingerprint density at radius 1 is 1.17 bits per heavy atom. The van der Waals surface area contributed by atoms with E-state index in [9.17, 15) is 4.79 Å². The van der Waals surface area contributed by atoms with Gasteiger partial charge in [0.25, 0.3) is 0 Å². The number of aliphatic hydroxyl groups is 1. The molecule has 3 N–H and O–H groups in total. The van der Waals surface area contributed by atoms with Crippen molar-refractivity contribution in [3.05, 3.63) is 65.2 Å². The smallest absolute Gasteiger partial charge is 0.409 e. The fourth-order valence-electron chi connectivity index (χ4n) is 3.02. The number of para-hydroxylation sites is 1. The van der Waals surface area contributed by atoms with Crippen LogP contribution in [0.15, 0.2) is 48.5 Å². The first kappa shape index (κ1) is 17.0. The lowest BCUT2D eigenvalue weighted by Crippen LogP contribution is -2.06. The number of anilines is 1. The lowest BCUT2D eigenvalue weighted by molar-refractivity contribution is 0.209. The second-order valence-electron chi connectivity index (χ2n) is 5.69. The molecule has 4 heteroatoms. The molecular weight excluding hydrogens is 290 g/mol. The van der Waals surface area contributed by atoms with Crippen LogP contribution in [0.5, 0.6) is 0 Å². The van der Waals surface area contributed by atoms with Gasteiger partial charge >= 0.3 is 6.09 Å². The minimum absolute atomic E-state index is 0.318. The Labute approximate surface area is 136 Å². The Balaban J connectivity index is 0.000000174. The molecule has 0 spiro atoms. The molecule has 4 nitrogen and oxygen atoms in total. The van der Waals surface area contributed by atoms with E-state index in [0.29, 0.717) is 18.2 Å². The number of aliphatic hydroxyl groups excluding tert-OH is 1. The molecule has 1 aliphatic carbocycles. The van der Waals surface area contributed by atoms with E-state index in [0.717, 1.165) is 6.42 Å². The number of amides is 1. The Hall–Kier alpha value is -2.33. The summed E-state index contributed by atoms with van der Waals surface area (Å²) in [5.41, 5.74) is 5.02. The summed E-state index contributed by atoms with van der Waals surface area (Å²) in [6, 6.07) is 15.3. The van der Waals surface area contributed by atoms with Crippen molar-refractivity contribution in [2.24, 2.45) is 0 Å². The van der Waals surface area contributed by atoms with Crippen LogP contribution in [-0.2, 0) is 6.42 Å². The number of nitrogens with one attached hydrogen (secondary N) is 1. The molecule has 1 atom stereocenters. The van der Waals surface area contributed by atoms with Crippen molar-refractivity contribution in [2.45, 2.75) is 32.1 Å². The van der Waals surface area contributed by atoms with Gasteiger partial charge in [0.05, 0.1) is 0 Å². The summed E-state index contributed by atoms with van der Waals surface area (Å²) in [5.74, 6) is 0.611. The zero-order valence-corrected chi connectivity index (χ0v) is 13.3. The lowest BCUT2D eigenvalue weighted by atomic mass is 9.97. The predicted molar refractivity (Wildman–Crippen MR) is 92.0 cm³/mol. The molecule has 0 bridgehead atoms. The Morgan fingerprint density at radius 3 is 2.57 bits per heavy atom. The molecule has 0 fully saturated rings. The molecule has 0 aliphatic heterocycles. The number of fused-ring (bicyclic) bond motifs is 1. The van der Waals surface area contributed by atoms with Gasteiger partial charge < -0.3 is 10.2 Å². The van der Waals surface area contributed by atoms with Crippen molar-refractivity contribution < 1.29 is 15.0 Å². The molecule has 0 saturated carbocycles. The summed E-state index contributed by atoms with van der Waals surface area (Å²) >= 11 is 0. The van der Waals surface area contributed by atoms with Gasteiger partial charge in [0, 0.05) is 12.3 Å². The normalized spacial score (nSPS) is 15.3. The number of hydrogen-bond donors (Lipinski definition) is 3. The molecule has 0 radical (unpaired) electrons. The average molecular weight is 313 g/mol. The van der Waals surface area contributed by atoms with E-state index >= 15 is 0 Å². The highest BCUT2D eigenvalue weighted by atomic mass is 16.4. The number of benzene rings is 2. The van der Waals surface area contributed by atoms with Crippen molar-refractivity contribution in [1.29, 1.82) is 0 Å². The largest absolute Gasteiger partial charge is 0.465 e. The minimum atomic E-state index is -1.04. The van der Waals surface area contributed by atoms with Gasteiger partial charge in [-0.1, -0.05) is 36.4 Å². The van der Waals surface area contributed by atoms with Crippen molar-refractivity contribution in [2.75, 3.05) is 11.9 Å². The Bertz CT molecular complexity index is 640. The van der Waals surface area contributed by atoms with E-state index < -0.39 is 6.09 Å². The first-order valence-electron chi connectivity index (χ1n) is 7.86. The lowest BCUT2D eigenvalue weighted by Gasteiger charge is -2.09. The maximum absolute atomic E-state index is 10.1. The van der Waals surface area contributed by atoms with Crippen molar-refractivity contribution in [3.63, 3.8) is 0 Å². The molecular formula is C19H23NO3. The Morgan fingerprint density at radius 2 is 1.91 bits per heavy atom. The molecule has 3 rings (SSSR count). The second-order valence-corrected chi connectivity index (χ2v) is 5.69. The highest BCUT2D eigenvalue weighted by molar-refractivity contribution is 5.82. The average Bonchev–Trinajstić information content (AvgIpc) is 2.94. The summed E-state index contributed by atoms with van der Waals surface area (Å²) < 4.78 is 0. The van der Waals surface area contributed by atoms with Crippen LogP contribution in [0.1, 0.15) is 35.4 Å². The van der Waals surface area contributed by atoms with Crippen LogP contribution in [0.2, 0.25) is 0 Å². The van der Waals surface area contributed by atoms with E-state index in [1.165, 1.54) is 29.5 Å². The van der Waals surface area contributed by atoms with Gasteiger partial charge in [-0.05, 0) is 60.9 Å². The SMILES string of the molecule is Cc1cccc2c1CCC2CCO.O=C(O)Nc1ccccc1. The fourth-order valence-corrected chi connectivity index (χ4v) is 3.02. The third kappa shape index (κ3) is 4.83. The highest BCUT2D eigenvalue weighted by Gasteiger charge is 2.22. The fraction of sp³-hybridized carbons (Fsp3) is 0.316. The maximum Gasteiger partial charge on any atom is 0.409 e. The van der Waals surface area contributed by atoms with Gasteiger partial charge in [-0.3, -0.25) is 5.32 Å². The van der Waals surface area contributed by atoms with E-state index in [-0.39, 0.29) is 0 Å². The number of carbonyl (C=O) groups is 1. The van der Waals surface area contributed by atoms with Crippen molar-refractivity contribution in [1.82, 2.24) is 0 Å². The van der Waals surface area contributed by atoms with Crippen LogP contribution in [-0.4, -0.2) is 22.9 Å². The van der Waals surface area contributed by atoms with Gasteiger partial charge in [-0.15, -0.1) is 0 Å². The van der Waals surface area contributed by atoms with E-state index in [2.05, 4.69) is 30.4 Å². The van der Waals surface area contributed by atoms with Gasteiger partial charge in [0.2, 0.25) is 0 Å². The van der Waals surface area contributed by atoms with Crippen LogP contribution in [0.3, 0.4) is 0 Å². The van der Waals surface area contributed by atoms with Gasteiger partial charge in [-0.2, -0.15) is 0 Å². The molecule has 0 aromatic heterocycles. The molecule has 1 aliphatic rings. The van der Waals surface area contributed by atoms with Gasteiger partial charge in [-0.25, -0.2) is 4.79 Å². The summed E-state index contributed by atoms with van der Waals surface area (Å²) in [6.07, 6.45) is 2.32. The molecule has 0 heterocycles. The first-order chi connectivity index (χ1) is 11.1. The van der Waals surface area contributed by atoms with Gasteiger partial charge in [0.15, 0.2) is 0 Å². The molecule has 1 amide bonds. The third-order valence-corrected chi connectivity index (χ3v) is 4.13. The standard InChI is InChI=1S/C12H16O.C7H7NO2/c1-9-3-2-4-12-10(7-8-13)5-6-11(9)12;9-7(10)8-6-4-2-1-3-5-6/h2-4,10,13H,5-8H2,1H3;1-5,8H,(H,9,10). The van der Waals surface area contributed by atoms with Crippen molar-refractivity contribution in [3.8, 4) is 0 Å². The summed E-state index contributed by atoms with van der Waals surface area (Å²) in [6.45, 7) is 2.50. The topological polar surface area (TPSA) is 69.6 Å². The number of hydrogen-bond acceptors (Lipinski definition) is 2. The van der Waals surface area contributed by atoms with Crippen LogP contribution in [0.4, 0.5) is 10.5 Å². The summed E-state index contributed by atoms with van der Waals surface area (Å²) in [4.78, 5) is 10.1. The molecule has 1 unspecified atom stereocenters. The number of carboxylic acid groups (broad SMARTS) is 1. The molecule has 0 saturated heterocycles. The number of aryl methyl sites for hydroxylation is 1. The second kappa shape index (κ2) is 8.34. The van der Waals surface area contributed by atoms with E-state index in [1.54, 1.807) is 24.3 Å². The van der Waals surface area contributed by atoms with Gasteiger partial charge in [0.1, 0.15) is 0 Å². The minimum Gasteiger partial charge on any atom is -0.465 e. The van der Waals surface area contributed by atoms with Crippen LogP contribution in [0, 0.1) is 6.92 Å². The predicted octanol–water partition coefficient (Wildman–Crippen LogP) is 4.18. The van der Waals surface area contributed by atoms with Crippen LogP contribution < -0.4 is 5.32 Å². The molecule has 2 aromatic carbocycles. The van der Waals surface area contributed by atoms with E-state index in [1.807, 2.05) is 6.07 Å². The maximum atomic E-state index is 10.1. The molecule has 23 heavy (non-hydrogen) atoms. The number of rotatable bonds is 3. The first-order valence-corrected chi connectivity index (χ1v) is 7.86. The zero-order chi connectivity index (χ0) is 16.7. The monoisotopic (exact) mass is 313 g/mol. The quantitative estimate of drug-likeness (QED) is 0.796. The van der Waals surface area contributed by atoms with Crippen molar-refractivity contribution >= 4 is 11.8 Å². The molecule has 122 valence electrons. The Kier molecular flexibility index (Phi) is 6.18.